The van der Waals surface area contributed by atoms with Crippen LogP contribution in [0.25, 0.3) is 44.3 Å². The maximum Gasteiger partial charge on any atom is 0.404 e. The van der Waals surface area contributed by atoms with E-state index in [1.807, 2.05) is 36.4 Å². The third-order valence-electron chi connectivity index (χ3n) is 10.5. The summed E-state index contributed by atoms with van der Waals surface area (Å²) in [5.41, 5.74) is 8.28. The van der Waals surface area contributed by atoms with Crippen molar-refractivity contribution >= 4 is 63.3 Å². The Balaban J connectivity index is 0.000000175. The summed E-state index contributed by atoms with van der Waals surface area (Å²) in [5.74, 6) is 0.964. The monoisotopic (exact) mass is 811 g/mol. The van der Waals surface area contributed by atoms with Crippen molar-refractivity contribution in [1.82, 2.24) is 29.1 Å². The van der Waals surface area contributed by atoms with Crippen LogP contribution in [0.1, 0.15) is 51.4 Å². The molecule has 0 radical (unpaired) electrons. The fourth-order valence-electron chi connectivity index (χ4n) is 7.45. The van der Waals surface area contributed by atoms with Gasteiger partial charge in [0.05, 0.1) is 6.10 Å². The highest BCUT2D eigenvalue weighted by Gasteiger charge is 2.24. The molecule has 0 unspecified atom stereocenters. The number of ether oxygens (including phenoxy) is 1. The predicted octanol–water partition coefficient (Wildman–Crippen LogP) is 6.83. The Bertz CT molecular complexity index is 2550. The zero-order chi connectivity index (χ0) is 40.2. The molecule has 2 aliphatic carbocycles. The molecule has 4 aromatic heterocycles. The molecule has 5 N–H and O–H groups in total. The van der Waals surface area contributed by atoms with Gasteiger partial charge in [-0.25, -0.2) is 14.8 Å². The van der Waals surface area contributed by atoms with E-state index in [-0.39, 0.29) is 35.4 Å². The maximum absolute atomic E-state index is 12.9. The predicted molar refractivity (Wildman–Crippen MR) is 223 cm³/mol. The molecule has 2 fully saturated rings. The summed E-state index contributed by atoms with van der Waals surface area (Å²) in [6.45, 7) is 0. The lowest BCUT2D eigenvalue weighted by atomic mass is 9.93. The van der Waals surface area contributed by atoms with E-state index in [0.717, 1.165) is 62.1 Å². The Morgan fingerprint density at radius 2 is 1.12 bits per heavy atom. The number of amides is 1. The number of aliphatic hydroxyl groups is 1. The molecule has 16 heteroatoms. The Morgan fingerprint density at radius 1 is 0.702 bits per heavy atom. The third-order valence-corrected chi connectivity index (χ3v) is 11.2. The fraction of sp³-hybridized carbons (Fsp3) is 0.341. The highest BCUT2D eigenvalue weighted by molar-refractivity contribution is 6.33. The quantitative estimate of drug-likeness (QED) is 0.132. The van der Waals surface area contributed by atoms with Gasteiger partial charge in [0.25, 0.3) is 11.1 Å². The van der Waals surface area contributed by atoms with E-state index in [4.69, 9.17) is 33.7 Å². The fourth-order valence-corrected chi connectivity index (χ4v) is 7.93. The van der Waals surface area contributed by atoms with Crippen molar-refractivity contribution in [3.05, 3.63) is 104 Å². The van der Waals surface area contributed by atoms with Crippen molar-refractivity contribution in [3.8, 4) is 22.3 Å². The second-order valence-electron chi connectivity index (χ2n) is 14.5. The van der Waals surface area contributed by atoms with E-state index >= 15 is 0 Å². The topological polar surface area (TPSA) is 192 Å². The summed E-state index contributed by atoms with van der Waals surface area (Å²) >= 11 is 12.6. The molecule has 6 aromatic rings. The van der Waals surface area contributed by atoms with Gasteiger partial charge in [0.15, 0.2) is 0 Å². The number of hydrogen-bond donors (Lipinski definition) is 4. The number of fused-ring (bicyclic) bond motifs is 2. The van der Waals surface area contributed by atoms with Gasteiger partial charge in [-0.2, -0.15) is 9.97 Å². The summed E-state index contributed by atoms with van der Waals surface area (Å²) in [6.07, 6.45) is 8.76. The van der Waals surface area contributed by atoms with Gasteiger partial charge in [-0.1, -0.05) is 59.6 Å². The molecule has 1 amide bonds. The van der Waals surface area contributed by atoms with E-state index in [1.54, 1.807) is 50.8 Å². The van der Waals surface area contributed by atoms with Crippen molar-refractivity contribution in [2.45, 2.75) is 75.7 Å². The van der Waals surface area contributed by atoms with E-state index in [9.17, 15) is 19.5 Å². The van der Waals surface area contributed by atoms with Gasteiger partial charge in [-0.15, -0.1) is 0 Å². The third kappa shape index (κ3) is 9.03. The first-order valence-electron chi connectivity index (χ1n) is 18.9. The van der Waals surface area contributed by atoms with Gasteiger partial charge < -0.3 is 26.2 Å². The summed E-state index contributed by atoms with van der Waals surface area (Å²) in [4.78, 5) is 54.6. The molecule has 4 heterocycles. The van der Waals surface area contributed by atoms with Gasteiger partial charge in [0, 0.05) is 81.6 Å². The van der Waals surface area contributed by atoms with Crippen molar-refractivity contribution in [2.75, 3.05) is 10.6 Å². The van der Waals surface area contributed by atoms with Crippen molar-refractivity contribution in [1.29, 1.82) is 0 Å². The summed E-state index contributed by atoms with van der Waals surface area (Å²) in [6, 6.07) is 18.5. The average molecular weight is 813 g/mol. The Hall–Kier alpha value is -5.57. The molecule has 0 aliphatic heterocycles. The summed E-state index contributed by atoms with van der Waals surface area (Å²) < 4.78 is 8.11. The van der Waals surface area contributed by atoms with Gasteiger partial charge in [-0.3, -0.25) is 18.7 Å². The lowest BCUT2D eigenvalue weighted by Gasteiger charge is -2.28. The number of aliphatic hydroxyl groups excluding tert-OH is 1. The number of carbonyl (C=O) groups is 1. The minimum atomic E-state index is -0.735. The normalized spacial score (nSPS) is 19.4. The van der Waals surface area contributed by atoms with Gasteiger partial charge >= 0.3 is 6.09 Å². The first-order valence-corrected chi connectivity index (χ1v) is 19.6. The summed E-state index contributed by atoms with van der Waals surface area (Å²) in [5, 5.41) is 18.9. The molecule has 8 rings (SSSR count). The maximum atomic E-state index is 12.9. The smallest absolute Gasteiger partial charge is 0.404 e. The van der Waals surface area contributed by atoms with Crippen LogP contribution in [0.2, 0.25) is 10.0 Å². The number of pyridine rings is 2. The molecule has 57 heavy (non-hydrogen) atoms. The number of halogens is 2. The number of nitrogens with two attached hydrogens (primary N) is 1. The Morgan fingerprint density at radius 3 is 1.54 bits per heavy atom. The van der Waals surface area contributed by atoms with Crippen LogP contribution in [0.15, 0.2) is 82.6 Å². The standard InChI is InChI=1S/C21H22ClN5O3.C20H21ClN4O2/c1-27-18-12(10-16(19(27)28)15-4-2-3-5-17(15)22)11-24-21(26-18)25-13-6-8-14(9-7-13)30-20(23)29;1-25-18-12(10-16(19(25)27)15-4-2-3-5-17(15)21)11-22-20(24-18)23-13-6-8-14(26)9-7-13/h2-5,10-11,13-14H,6-9H2,1H3,(H2,23,29)(H,24,25,26);2-5,10-11,13-14,26H,6-9H2,1H3,(H,22,23,24). The molecule has 0 bridgehead atoms. The van der Waals surface area contributed by atoms with Gasteiger partial charge in [0.1, 0.15) is 17.4 Å². The zero-order valence-corrected chi connectivity index (χ0v) is 33.0. The van der Waals surface area contributed by atoms with Crippen LogP contribution in [-0.4, -0.2) is 64.6 Å². The minimum Gasteiger partial charge on any atom is -0.446 e. The number of primary amides is 1. The van der Waals surface area contributed by atoms with E-state index in [0.29, 0.717) is 55.5 Å². The van der Waals surface area contributed by atoms with E-state index in [1.165, 1.54) is 9.13 Å². The zero-order valence-electron chi connectivity index (χ0n) is 31.5. The van der Waals surface area contributed by atoms with Crippen molar-refractivity contribution in [3.63, 3.8) is 0 Å². The number of hydrogen-bond acceptors (Lipinski definition) is 11. The number of rotatable bonds is 7. The van der Waals surface area contributed by atoms with Crippen LogP contribution < -0.4 is 27.5 Å². The molecular weight excluding hydrogens is 769 g/mol. The van der Waals surface area contributed by atoms with Crippen LogP contribution in [0.3, 0.4) is 0 Å². The Labute approximate surface area is 338 Å². The number of aryl methyl sites for hydroxylation is 2. The molecule has 2 aromatic carbocycles. The minimum absolute atomic E-state index is 0.137. The molecule has 2 saturated carbocycles. The van der Waals surface area contributed by atoms with Gasteiger partial charge in [-0.05, 0) is 75.6 Å². The SMILES string of the molecule is Cn1c(=O)c(-c2ccccc2Cl)cc2cnc(NC3CCC(O)CC3)nc21.Cn1c(=O)c(-c2ccccc2Cl)cc2cnc(NC3CCC(OC(N)=O)CC3)nc21. The highest BCUT2D eigenvalue weighted by atomic mass is 35.5. The molecule has 2 aliphatic rings. The number of carbonyl (C=O) groups excluding carboxylic acids is 1. The second kappa shape index (κ2) is 17.3. The first-order chi connectivity index (χ1) is 27.4. The van der Waals surface area contributed by atoms with Gasteiger partial charge in [0.2, 0.25) is 11.9 Å². The van der Waals surface area contributed by atoms with Crippen LogP contribution >= 0.6 is 23.2 Å². The lowest BCUT2D eigenvalue weighted by Crippen LogP contribution is -2.32. The number of aromatic nitrogens is 6. The van der Waals surface area contributed by atoms with Crippen molar-refractivity contribution in [2.24, 2.45) is 19.8 Å². The molecular formula is C41H43Cl2N9O5. The molecule has 14 nitrogen and oxygen atoms in total. The van der Waals surface area contributed by atoms with Crippen LogP contribution in [0.5, 0.6) is 0 Å². The number of nitrogens with one attached hydrogen (secondary N) is 2. The first kappa shape index (κ1) is 39.7. The summed E-state index contributed by atoms with van der Waals surface area (Å²) in [7, 11) is 3.40. The average Bonchev–Trinajstić information content (AvgIpc) is 3.20. The Kier molecular flexibility index (Phi) is 12.0. The molecule has 0 atom stereocenters. The van der Waals surface area contributed by atoms with E-state index in [2.05, 4.69) is 30.6 Å². The highest BCUT2D eigenvalue weighted by Crippen LogP contribution is 2.29. The molecule has 296 valence electrons. The number of benzene rings is 2. The lowest BCUT2D eigenvalue weighted by molar-refractivity contribution is 0.0805. The largest absolute Gasteiger partial charge is 0.446 e. The number of anilines is 2. The van der Waals surface area contributed by atoms with Crippen LogP contribution in [0, 0.1) is 0 Å². The van der Waals surface area contributed by atoms with E-state index < -0.39 is 6.09 Å². The van der Waals surface area contributed by atoms with Crippen LogP contribution in [-0.2, 0) is 18.8 Å². The van der Waals surface area contributed by atoms with Crippen LogP contribution in [0.4, 0.5) is 16.7 Å². The molecule has 0 saturated heterocycles. The second-order valence-corrected chi connectivity index (χ2v) is 15.3. The van der Waals surface area contributed by atoms with Crippen molar-refractivity contribution < 1.29 is 14.6 Å². The molecule has 0 spiro atoms. The number of nitrogens with zero attached hydrogens (tertiary/aromatic N) is 6.